The molecule has 0 aromatic heterocycles. The number of hydrogen-bond donors (Lipinski definition) is 2. The minimum atomic E-state index is -0.671. The summed E-state index contributed by atoms with van der Waals surface area (Å²) in [7, 11) is 0. The fourth-order valence-corrected chi connectivity index (χ4v) is 4.15. The summed E-state index contributed by atoms with van der Waals surface area (Å²) < 4.78 is 0. The lowest BCUT2D eigenvalue weighted by Crippen LogP contribution is -2.44. The highest BCUT2D eigenvalue weighted by atomic mass is 16.2. The van der Waals surface area contributed by atoms with Gasteiger partial charge < -0.3 is 10.6 Å². The molecule has 0 unspecified atom stereocenters. The summed E-state index contributed by atoms with van der Waals surface area (Å²) in [6.07, 6.45) is 9.79. The molecule has 0 aromatic rings. The van der Waals surface area contributed by atoms with Gasteiger partial charge in [-0.15, -0.1) is 0 Å². The molecule has 0 bridgehead atoms. The van der Waals surface area contributed by atoms with Crippen LogP contribution >= 0.6 is 0 Å². The van der Waals surface area contributed by atoms with Crippen LogP contribution in [0.2, 0.25) is 0 Å². The Balaban J connectivity index is 1.43. The van der Waals surface area contributed by atoms with E-state index in [-0.39, 0.29) is 30.8 Å². The Bertz CT molecular complexity index is 479. The molecule has 1 saturated heterocycles. The van der Waals surface area contributed by atoms with Gasteiger partial charge in [0, 0.05) is 19.5 Å². The highest BCUT2D eigenvalue weighted by Crippen LogP contribution is 2.35. The van der Waals surface area contributed by atoms with Crippen LogP contribution in [0.3, 0.4) is 0 Å². The summed E-state index contributed by atoms with van der Waals surface area (Å²) in [6.45, 7) is 0.909. The van der Waals surface area contributed by atoms with Crippen molar-refractivity contribution in [2.45, 2.75) is 69.7 Å². The minimum Gasteiger partial charge on any atom is -0.356 e. The van der Waals surface area contributed by atoms with Crippen molar-refractivity contribution in [1.82, 2.24) is 15.5 Å². The Morgan fingerprint density at radius 1 is 1.13 bits per heavy atom. The van der Waals surface area contributed by atoms with Crippen molar-refractivity contribution in [2.24, 2.45) is 5.92 Å². The molecule has 1 heterocycles. The monoisotopic (exact) mass is 321 g/mol. The summed E-state index contributed by atoms with van der Waals surface area (Å²) in [5.41, 5.74) is -0.671. The van der Waals surface area contributed by atoms with Crippen molar-refractivity contribution >= 4 is 17.8 Å². The van der Waals surface area contributed by atoms with Crippen LogP contribution in [0, 0.1) is 5.92 Å². The van der Waals surface area contributed by atoms with Gasteiger partial charge in [-0.25, -0.2) is 4.79 Å². The normalized spacial score (nSPS) is 24.3. The Labute approximate surface area is 137 Å². The number of nitrogens with one attached hydrogen (secondary N) is 2. The third-order valence-corrected chi connectivity index (χ3v) is 5.58. The zero-order chi connectivity index (χ0) is 16.3. The van der Waals surface area contributed by atoms with E-state index >= 15 is 0 Å². The second-order valence-corrected chi connectivity index (χ2v) is 7.23. The summed E-state index contributed by atoms with van der Waals surface area (Å²) in [6, 6.07) is -0.336. The number of urea groups is 1. The van der Waals surface area contributed by atoms with Gasteiger partial charge in [0.1, 0.15) is 5.54 Å². The lowest BCUT2D eigenvalue weighted by Gasteiger charge is -2.22. The van der Waals surface area contributed by atoms with Crippen LogP contribution in [0.5, 0.6) is 0 Å². The van der Waals surface area contributed by atoms with Crippen molar-refractivity contribution < 1.29 is 14.4 Å². The van der Waals surface area contributed by atoms with Crippen LogP contribution in [0.4, 0.5) is 4.79 Å². The molecule has 6 heteroatoms. The lowest BCUT2D eigenvalue weighted by atomic mass is 9.89. The summed E-state index contributed by atoms with van der Waals surface area (Å²) >= 11 is 0. The standard InChI is InChI=1S/C17H27N3O3/c21-14(18-12-13-6-2-1-3-7-13)8-11-20-15(22)17(19-16(20)23)9-4-5-10-17/h13H,1-12H2,(H,18,21)(H,19,23). The van der Waals surface area contributed by atoms with Crippen LogP contribution < -0.4 is 10.6 Å². The SMILES string of the molecule is O=C(CCN1C(=O)NC2(CCCC2)C1=O)NCC1CCCCC1. The van der Waals surface area contributed by atoms with Gasteiger partial charge in [0.05, 0.1) is 0 Å². The highest BCUT2D eigenvalue weighted by molar-refractivity contribution is 6.07. The molecule has 2 saturated carbocycles. The predicted molar refractivity (Wildman–Crippen MR) is 85.6 cm³/mol. The van der Waals surface area contributed by atoms with Crippen LogP contribution in [-0.4, -0.2) is 41.4 Å². The van der Waals surface area contributed by atoms with Gasteiger partial charge in [0.2, 0.25) is 5.91 Å². The molecule has 2 N–H and O–H groups in total. The van der Waals surface area contributed by atoms with Crippen LogP contribution in [-0.2, 0) is 9.59 Å². The van der Waals surface area contributed by atoms with Crippen molar-refractivity contribution in [3.8, 4) is 0 Å². The zero-order valence-electron chi connectivity index (χ0n) is 13.7. The van der Waals surface area contributed by atoms with Crippen LogP contribution in [0.15, 0.2) is 0 Å². The van der Waals surface area contributed by atoms with Gasteiger partial charge in [-0.05, 0) is 31.6 Å². The minimum absolute atomic E-state index is 0.0662. The van der Waals surface area contributed by atoms with Gasteiger partial charge in [-0.3, -0.25) is 14.5 Å². The molecular formula is C17H27N3O3. The topological polar surface area (TPSA) is 78.5 Å². The number of nitrogens with zero attached hydrogens (tertiary/aromatic N) is 1. The Hall–Kier alpha value is -1.59. The first kappa shape index (κ1) is 16.3. The maximum atomic E-state index is 12.5. The molecule has 3 fully saturated rings. The van der Waals surface area contributed by atoms with E-state index in [0.717, 1.165) is 32.2 Å². The second-order valence-electron chi connectivity index (χ2n) is 7.23. The Kier molecular flexibility index (Phi) is 4.87. The molecule has 1 aliphatic heterocycles. The largest absolute Gasteiger partial charge is 0.356 e. The maximum absolute atomic E-state index is 12.5. The summed E-state index contributed by atoms with van der Waals surface area (Å²) in [4.78, 5) is 37.7. The number of hydrogen-bond acceptors (Lipinski definition) is 3. The average Bonchev–Trinajstić information content (AvgIpc) is 3.11. The van der Waals surface area contributed by atoms with E-state index in [9.17, 15) is 14.4 Å². The summed E-state index contributed by atoms with van der Waals surface area (Å²) in [5, 5.41) is 5.80. The third kappa shape index (κ3) is 3.51. The molecule has 0 radical (unpaired) electrons. The van der Waals surface area contributed by atoms with Crippen molar-refractivity contribution in [1.29, 1.82) is 0 Å². The van der Waals surface area contributed by atoms with E-state index in [2.05, 4.69) is 10.6 Å². The highest BCUT2D eigenvalue weighted by Gasteiger charge is 2.52. The Morgan fingerprint density at radius 3 is 2.52 bits per heavy atom. The molecule has 3 aliphatic rings. The second kappa shape index (κ2) is 6.89. The first-order valence-corrected chi connectivity index (χ1v) is 9.01. The first-order valence-electron chi connectivity index (χ1n) is 9.01. The van der Waals surface area contributed by atoms with Gasteiger partial charge in [0.15, 0.2) is 0 Å². The van der Waals surface area contributed by atoms with E-state index < -0.39 is 5.54 Å². The van der Waals surface area contributed by atoms with E-state index in [1.165, 1.54) is 37.0 Å². The molecule has 3 rings (SSSR count). The maximum Gasteiger partial charge on any atom is 0.325 e. The number of rotatable bonds is 5. The van der Waals surface area contributed by atoms with Crippen LogP contribution in [0.1, 0.15) is 64.2 Å². The smallest absolute Gasteiger partial charge is 0.325 e. The molecule has 6 nitrogen and oxygen atoms in total. The molecule has 2 aliphatic carbocycles. The van der Waals surface area contributed by atoms with E-state index in [4.69, 9.17) is 0 Å². The summed E-state index contributed by atoms with van der Waals surface area (Å²) in [5.74, 6) is 0.384. The molecule has 128 valence electrons. The molecule has 1 spiro atoms. The predicted octanol–water partition coefficient (Wildman–Crippen LogP) is 1.94. The molecule has 23 heavy (non-hydrogen) atoms. The average molecular weight is 321 g/mol. The molecule has 4 amide bonds. The Morgan fingerprint density at radius 2 is 1.83 bits per heavy atom. The number of amides is 4. The molecule has 0 atom stereocenters. The van der Waals surface area contributed by atoms with Gasteiger partial charge in [0.25, 0.3) is 5.91 Å². The van der Waals surface area contributed by atoms with Gasteiger partial charge in [-0.1, -0.05) is 32.1 Å². The molecular weight excluding hydrogens is 294 g/mol. The fraction of sp³-hybridized carbons (Fsp3) is 0.824. The number of carbonyl (C=O) groups is 3. The van der Waals surface area contributed by atoms with E-state index in [0.29, 0.717) is 5.92 Å². The first-order chi connectivity index (χ1) is 11.1. The van der Waals surface area contributed by atoms with Crippen LogP contribution in [0.25, 0.3) is 0 Å². The van der Waals surface area contributed by atoms with Gasteiger partial charge in [-0.2, -0.15) is 0 Å². The van der Waals surface area contributed by atoms with Crippen molar-refractivity contribution in [3.05, 3.63) is 0 Å². The van der Waals surface area contributed by atoms with E-state index in [1.54, 1.807) is 0 Å². The van der Waals surface area contributed by atoms with Crippen molar-refractivity contribution in [2.75, 3.05) is 13.1 Å². The fourth-order valence-electron chi connectivity index (χ4n) is 4.15. The molecule has 0 aromatic carbocycles. The number of imide groups is 1. The zero-order valence-corrected chi connectivity index (χ0v) is 13.7. The van der Waals surface area contributed by atoms with E-state index in [1.807, 2.05) is 0 Å². The van der Waals surface area contributed by atoms with Gasteiger partial charge >= 0.3 is 6.03 Å². The number of carbonyl (C=O) groups excluding carboxylic acids is 3. The van der Waals surface area contributed by atoms with Crippen molar-refractivity contribution in [3.63, 3.8) is 0 Å². The third-order valence-electron chi connectivity index (χ3n) is 5.58. The lowest BCUT2D eigenvalue weighted by molar-refractivity contribution is -0.131. The quantitative estimate of drug-likeness (QED) is 0.760.